The van der Waals surface area contributed by atoms with E-state index in [1.165, 1.54) is 61.6 Å². The van der Waals surface area contributed by atoms with Crippen molar-refractivity contribution in [3.63, 3.8) is 0 Å². The molecule has 0 radical (unpaired) electrons. The molecule has 4 heterocycles. The second kappa shape index (κ2) is 29.7. The van der Waals surface area contributed by atoms with Crippen LogP contribution in [0, 0.1) is 24.0 Å². The van der Waals surface area contributed by atoms with E-state index in [1.54, 1.807) is 49.1 Å². The van der Waals surface area contributed by atoms with E-state index in [4.69, 9.17) is 20.3 Å². The second-order valence-electron chi connectivity index (χ2n) is 17.6. The molecular formula is C54H60ClF4N13O7. The lowest BCUT2D eigenvalue weighted by molar-refractivity contribution is -0.384. The van der Waals surface area contributed by atoms with Crippen LogP contribution in [0.25, 0.3) is 22.3 Å². The van der Waals surface area contributed by atoms with Crippen molar-refractivity contribution in [1.82, 2.24) is 40.0 Å². The van der Waals surface area contributed by atoms with Crippen molar-refractivity contribution in [2.45, 2.75) is 27.1 Å². The minimum absolute atomic E-state index is 0.0747. The van der Waals surface area contributed by atoms with Crippen LogP contribution in [0.2, 0.25) is 0 Å². The van der Waals surface area contributed by atoms with Crippen LogP contribution in [0.1, 0.15) is 14.1 Å². The van der Waals surface area contributed by atoms with E-state index in [2.05, 4.69) is 72.3 Å². The monoisotopic (exact) mass is 1120 g/mol. The highest BCUT2D eigenvalue weighted by atomic mass is 35.5. The third-order valence-corrected chi connectivity index (χ3v) is 11.9. The van der Waals surface area contributed by atoms with Gasteiger partial charge >= 0.3 is 24.7 Å². The summed E-state index contributed by atoms with van der Waals surface area (Å²) >= 11 is 4.92. The summed E-state index contributed by atoms with van der Waals surface area (Å²) in [6, 6.07) is 28.7. The normalized spacial score (nSPS) is 13.4. The Morgan fingerprint density at radius 3 is 1.52 bits per heavy atom. The lowest BCUT2D eigenvalue weighted by Crippen LogP contribution is -2.48. The molecular weight excluding hydrogens is 1050 g/mol. The Hall–Kier alpha value is -8.71. The van der Waals surface area contributed by atoms with Crippen LogP contribution < -0.4 is 41.2 Å². The largest absolute Gasteiger partial charge is 0.435 e. The van der Waals surface area contributed by atoms with Crippen molar-refractivity contribution in [2.75, 3.05) is 88.1 Å². The molecule has 20 nitrogen and oxygen atoms in total. The van der Waals surface area contributed by atoms with Gasteiger partial charge in [0.2, 0.25) is 11.9 Å². The number of aromatic nitrogens is 4. The highest BCUT2D eigenvalue weighted by Crippen LogP contribution is 2.27. The maximum Gasteiger partial charge on any atom is 0.409 e. The van der Waals surface area contributed by atoms with E-state index in [0.717, 1.165) is 76.6 Å². The number of nitrogens with two attached hydrogens (primary N) is 1. The van der Waals surface area contributed by atoms with E-state index in [0.29, 0.717) is 30.7 Å². The number of hydrogen-bond acceptors (Lipinski definition) is 17. The molecule has 25 heteroatoms. The highest BCUT2D eigenvalue weighted by molar-refractivity contribution is 6.61. The second-order valence-corrected chi connectivity index (χ2v) is 17.9. The number of hydrogen-bond donors (Lipinski definition) is 5. The zero-order chi connectivity index (χ0) is 58.8. The van der Waals surface area contributed by atoms with E-state index in [-0.39, 0.29) is 29.0 Å². The summed E-state index contributed by atoms with van der Waals surface area (Å²) in [5, 5.41) is 22.7. The number of nitro groups is 1. The van der Waals surface area contributed by atoms with Crippen molar-refractivity contribution in [3.8, 4) is 39.5 Å². The number of carbonyl (C=O) groups excluding carboxylic acids is 2. The average molecular weight is 1120 g/mol. The number of carbonyl (C=O) groups is 2. The summed E-state index contributed by atoms with van der Waals surface area (Å²) < 4.78 is 72.1. The Kier molecular flexibility index (Phi) is 21.8. The molecule has 0 unspecified atom stereocenters. The maximum atomic E-state index is 12.6. The number of alkyl halides is 4. The van der Waals surface area contributed by atoms with Crippen molar-refractivity contribution in [3.05, 3.63) is 155 Å². The first-order valence-corrected chi connectivity index (χ1v) is 24.8. The van der Waals surface area contributed by atoms with Gasteiger partial charge < -0.3 is 55.9 Å². The highest BCUT2D eigenvalue weighted by Gasteiger charge is 2.20. The Balaban J connectivity index is 0.000000222. The molecule has 0 bridgehead atoms. The standard InChI is InChI=1S/C24H26F2N6O2.C18H16F2N4O.C7H4ClNO4.C5H12N2.H2/c1-16-3-6-19(13-21(16)30-24(33)32-11-9-31(2)10-12-32)29-23-27-14-18(15-28-23)17-4-7-20(8-5-17)34-22(25)26;1-11-2-5-14(8-16(11)21)24-18-22-9-13(10-23-18)12-3-6-15(7-4-12)25-17(19)20;8-7(10)13-6-3-1-5(2-4-6)9(11)12;1-7-4-2-6-3-5-7;/h3-8,13-15,22H,9-12H2,1-2H3,(H,30,33)(H,27,28,29);2-10,17H,21H2,1H3,(H,22,23,24);1-4H;6H,2-5H2,1H3;1H/i;;;;1+1D. The Morgan fingerprint density at radius 1 is 0.658 bits per heavy atom. The minimum Gasteiger partial charge on any atom is -0.435 e. The fourth-order valence-electron chi connectivity index (χ4n) is 7.26. The number of urea groups is 1. The third kappa shape index (κ3) is 20.0. The van der Waals surface area contributed by atoms with Gasteiger partial charge in [-0.2, -0.15) is 17.6 Å². The van der Waals surface area contributed by atoms with Gasteiger partial charge in [0.1, 0.15) is 17.2 Å². The van der Waals surface area contributed by atoms with E-state index >= 15 is 0 Å². The number of anilines is 6. The Morgan fingerprint density at radius 2 is 1.10 bits per heavy atom. The fraction of sp³-hybridized carbons (Fsp3) is 0.259. The van der Waals surface area contributed by atoms with Crippen molar-refractivity contribution in [1.29, 1.82) is 0 Å². The number of ether oxygens (including phenoxy) is 3. The number of piperazine rings is 2. The van der Waals surface area contributed by atoms with Crippen molar-refractivity contribution < 1.29 is 49.3 Å². The topological polar surface area (TPSA) is 240 Å². The average Bonchev–Trinajstić information content (AvgIpc) is 3.45. The molecule has 0 saturated carbocycles. The molecule has 2 aliphatic rings. The summed E-state index contributed by atoms with van der Waals surface area (Å²) in [6.45, 7) is 6.02. The minimum atomic E-state index is -2.86. The Labute approximate surface area is 461 Å². The summed E-state index contributed by atoms with van der Waals surface area (Å²) in [4.78, 5) is 56.1. The lowest BCUT2D eigenvalue weighted by atomic mass is 10.1. The number of nitrogens with zero attached hydrogens (tertiary/aromatic N) is 8. The number of likely N-dealkylation sites (N-methyl/N-ethyl adjacent to an activating group) is 2. The van der Waals surface area contributed by atoms with Gasteiger partial charge in [-0.15, -0.1) is 0 Å². The number of aryl methyl sites for hydroxylation is 2. The van der Waals surface area contributed by atoms with Crippen LogP contribution in [0.4, 0.5) is 67.5 Å². The van der Waals surface area contributed by atoms with Gasteiger partial charge in [-0.05, 0) is 111 Å². The Bertz CT molecular complexity index is 3060. The van der Waals surface area contributed by atoms with Gasteiger partial charge in [-0.1, -0.05) is 36.4 Å². The molecule has 2 aromatic heterocycles. The predicted octanol–water partition coefficient (Wildman–Crippen LogP) is 11.1. The van der Waals surface area contributed by atoms with Crippen LogP contribution in [0.15, 0.2) is 134 Å². The fourth-order valence-corrected chi connectivity index (χ4v) is 7.35. The van der Waals surface area contributed by atoms with Crippen LogP contribution >= 0.6 is 11.6 Å². The third-order valence-electron chi connectivity index (χ3n) is 11.8. The first kappa shape index (κ1) is 58.0. The number of nitrogens with one attached hydrogen (secondary N) is 4. The number of benzene rings is 5. The van der Waals surface area contributed by atoms with Crippen LogP contribution in [-0.4, -0.2) is 131 Å². The number of rotatable bonds is 13. The molecule has 418 valence electrons. The van der Waals surface area contributed by atoms with Crippen LogP contribution in [0.5, 0.6) is 17.2 Å². The van der Waals surface area contributed by atoms with Crippen LogP contribution in [-0.2, 0) is 0 Å². The molecule has 2 aliphatic heterocycles. The molecule has 2 saturated heterocycles. The van der Waals surface area contributed by atoms with Crippen LogP contribution in [0.3, 0.4) is 0 Å². The van der Waals surface area contributed by atoms with E-state index in [1.807, 2.05) is 62.2 Å². The maximum absolute atomic E-state index is 12.6. The summed E-state index contributed by atoms with van der Waals surface area (Å²) in [5.74, 6) is 1.19. The molecule has 0 spiro atoms. The van der Waals surface area contributed by atoms with Gasteiger partial charge in [0.15, 0.2) is 0 Å². The number of nitro benzene ring substituents is 1. The molecule has 6 N–H and O–H groups in total. The SMILES string of the molecule is CN1CCNCC1.Cc1ccc(Nc2ncc(-c3ccc(OC(F)F)cc3)cn2)cc1N.Cc1ccc(Nc2ncc(-c3ccc(OC(F)F)cc3)cn2)cc1NC(=O)N1CCN(C)CC1.O=C(Cl)Oc1ccc([N+](=O)[O-])cc1.[2H][2H]. The van der Waals surface area contributed by atoms with Gasteiger partial charge in [-0.25, -0.2) is 29.5 Å². The van der Waals surface area contributed by atoms with Crippen molar-refractivity contribution in [2.24, 2.45) is 0 Å². The van der Waals surface area contributed by atoms with Crippen molar-refractivity contribution >= 4 is 63.4 Å². The molecule has 2 amide bonds. The molecule has 0 atom stereocenters. The molecule has 0 aliphatic carbocycles. The summed E-state index contributed by atoms with van der Waals surface area (Å²) in [7, 11) is 4.20. The van der Waals surface area contributed by atoms with E-state index in [9.17, 15) is 37.3 Å². The molecule has 7 aromatic rings. The van der Waals surface area contributed by atoms with Gasteiger partial charge in [0, 0.05) is 138 Å². The van der Waals surface area contributed by atoms with Gasteiger partial charge in [0.25, 0.3) is 5.69 Å². The summed E-state index contributed by atoms with van der Waals surface area (Å²) in [5.41, 5.74) is 12.8. The number of non-ortho nitro benzene ring substituents is 1. The van der Waals surface area contributed by atoms with E-state index < -0.39 is 23.6 Å². The number of nitrogen functional groups attached to an aromatic ring is 1. The first-order chi connectivity index (χ1) is 38.9. The smallest absolute Gasteiger partial charge is 0.409 e. The lowest BCUT2D eigenvalue weighted by Gasteiger charge is -2.32. The number of halogens is 5. The predicted molar refractivity (Wildman–Crippen MR) is 297 cm³/mol. The first-order valence-electron chi connectivity index (χ1n) is 25.4. The zero-order valence-corrected chi connectivity index (χ0v) is 44.2. The number of amides is 2. The quantitative estimate of drug-likeness (QED) is 0.0237. The van der Waals surface area contributed by atoms with Gasteiger partial charge in [0.05, 0.1) is 4.92 Å². The molecule has 5 aromatic carbocycles. The zero-order valence-electron chi connectivity index (χ0n) is 45.4. The summed E-state index contributed by atoms with van der Waals surface area (Å²) in [6.07, 6.45) is 6.58. The molecule has 2 fully saturated rings. The molecule has 79 heavy (non-hydrogen) atoms. The van der Waals surface area contributed by atoms with Gasteiger partial charge in [-0.3, -0.25) is 10.1 Å². The molecule has 9 rings (SSSR count).